The van der Waals surface area contributed by atoms with Crippen molar-refractivity contribution in [1.82, 2.24) is 20.3 Å². The molecule has 2 atom stereocenters. The number of nitrogens with zero attached hydrogens (tertiary/aromatic N) is 3. The fraction of sp³-hybridized carbons (Fsp3) is 0.412. The van der Waals surface area contributed by atoms with Gasteiger partial charge in [0.1, 0.15) is 5.75 Å². The standard InChI is InChI=1S/C17H20N4O4/c1-25-13-4-2-3-11(5-13)6-16(22)21-9-12(7-17(23)24)14(10-21)15-8-18-20-19-15/h2-5,8,12,14H,6-7,9-10H2,1H3,(H,23,24)(H,18,19,20)/t12-,14+/m0/s1. The van der Waals surface area contributed by atoms with E-state index in [-0.39, 0.29) is 30.6 Å². The van der Waals surface area contributed by atoms with Gasteiger partial charge in [-0.05, 0) is 23.6 Å². The van der Waals surface area contributed by atoms with Crippen LogP contribution in [0.15, 0.2) is 30.5 Å². The first-order valence-electron chi connectivity index (χ1n) is 8.05. The monoisotopic (exact) mass is 344 g/mol. The van der Waals surface area contributed by atoms with Crippen LogP contribution in [-0.2, 0) is 16.0 Å². The second-order valence-corrected chi connectivity index (χ2v) is 6.19. The maximum absolute atomic E-state index is 12.7. The zero-order valence-corrected chi connectivity index (χ0v) is 13.9. The molecule has 1 fully saturated rings. The number of carbonyl (C=O) groups is 2. The molecule has 0 saturated carbocycles. The van der Waals surface area contributed by atoms with Gasteiger partial charge in [-0.2, -0.15) is 15.4 Å². The molecular weight excluding hydrogens is 324 g/mol. The lowest BCUT2D eigenvalue weighted by Gasteiger charge is -2.16. The van der Waals surface area contributed by atoms with E-state index in [1.165, 1.54) is 0 Å². The summed E-state index contributed by atoms with van der Waals surface area (Å²) in [5, 5.41) is 19.6. The van der Waals surface area contributed by atoms with Gasteiger partial charge in [-0.15, -0.1) is 0 Å². The van der Waals surface area contributed by atoms with Crippen LogP contribution in [0.4, 0.5) is 0 Å². The number of aromatic nitrogens is 3. The molecule has 25 heavy (non-hydrogen) atoms. The molecule has 2 N–H and O–H groups in total. The number of likely N-dealkylation sites (tertiary alicyclic amines) is 1. The number of hydrogen-bond acceptors (Lipinski definition) is 5. The molecule has 0 spiro atoms. The van der Waals surface area contributed by atoms with Crippen LogP contribution in [0.1, 0.15) is 23.6 Å². The predicted octanol–water partition coefficient (Wildman–Crippen LogP) is 1.07. The van der Waals surface area contributed by atoms with E-state index in [0.29, 0.717) is 24.5 Å². The van der Waals surface area contributed by atoms with Crippen molar-refractivity contribution in [2.75, 3.05) is 20.2 Å². The van der Waals surface area contributed by atoms with Crippen molar-refractivity contribution in [3.8, 4) is 5.75 Å². The summed E-state index contributed by atoms with van der Waals surface area (Å²) in [6.07, 6.45) is 1.85. The third-order valence-corrected chi connectivity index (χ3v) is 4.53. The minimum Gasteiger partial charge on any atom is -0.497 e. The molecule has 1 aliphatic heterocycles. The number of ether oxygens (including phenoxy) is 1. The summed E-state index contributed by atoms with van der Waals surface area (Å²) in [6.45, 7) is 0.861. The van der Waals surface area contributed by atoms with Crippen molar-refractivity contribution >= 4 is 11.9 Å². The summed E-state index contributed by atoms with van der Waals surface area (Å²) in [5.41, 5.74) is 1.56. The van der Waals surface area contributed by atoms with E-state index < -0.39 is 5.97 Å². The number of nitrogens with one attached hydrogen (secondary N) is 1. The topological polar surface area (TPSA) is 108 Å². The van der Waals surface area contributed by atoms with Gasteiger partial charge in [0.2, 0.25) is 5.91 Å². The molecule has 1 amide bonds. The average Bonchev–Trinajstić information content (AvgIpc) is 3.24. The van der Waals surface area contributed by atoms with E-state index in [1.807, 2.05) is 24.3 Å². The van der Waals surface area contributed by atoms with Crippen LogP contribution >= 0.6 is 0 Å². The summed E-state index contributed by atoms with van der Waals surface area (Å²) < 4.78 is 5.18. The highest BCUT2D eigenvalue weighted by Gasteiger charge is 2.38. The first-order chi connectivity index (χ1) is 12.1. The number of carboxylic acid groups (broad SMARTS) is 1. The minimum absolute atomic E-state index is 0.000463. The Kier molecular flexibility index (Phi) is 4.97. The molecule has 0 unspecified atom stereocenters. The summed E-state index contributed by atoms with van der Waals surface area (Å²) >= 11 is 0. The van der Waals surface area contributed by atoms with Gasteiger partial charge >= 0.3 is 5.97 Å². The number of amides is 1. The Hall–Kier alpha value is -2.90. The van der Waals surface area contributed by atoms with Crippen LogP contribution in [0.25, 0.3) is 0 Å². The number of aromatic amines is 1. The molecule has 0 radical (unpaired) electrons. The van der Waals surface area contributed by atoms with Gasteiger partial charge in [-0.3, -0.25) is 9.59 Å². The molecule has 0 bridgehead atoms. The normalized spacial score (nSPS) is 19.8. The number of H-pyrrole nitrogens is 1. The number of benzene rings is 1. The number of hydrogen-bond donors (Lipinski definition) is 2. The van der Waals surface area contributed by atoms with Crippen LogP contribution in [0.5, 0.6) is 5.75 Å². The van der Waals surface area contributed by atoms with E-state index in [1.54, 1.807) is 18.2 Å². The smallest absolute Gasteiger partial charge is 0.303 e. The van der Waals surface area contributed by atoms with Crippen molar-refractivity contribution in [3.63, 3.8) is 0 Å². The predicted molar refractivity (Wildman–Crippen MR) is 88.1 cm³/mol. The van der Waals surface area contributed by atoms with Crippen LogP contribution < -0.4 is 4.74 Å². The molecule has 1 aliphatic rings. The maximum Gasteiger partial charge on any atom is 0.303 e. The lowest BCUT2D eigenvalue weighted by atomic mass is 9.91. The van der Waals surface area contributed by atoms with Gasteiger partial charge in [0.25, 0.3) is 0 Å². The third kappa shape index (κ3) is 3.96. The van der Waals surface area contributed by atoms with Gasteiger partial charge in [-0.25, -0.2) is 0 Å². The van der Waals surface area contributed by atoms with Gasteiger partial charge in [0.05, 0.1) is 31.8 Å². The fourth-order valence-electron chi connectivity index (χ4n) is 3.30. The second kappa shape index (κ2) is 7.33. The quantitative estimate of drug-likeness (QED) is 0.811. The average molecular weight is 344 g/mol. The SMILES string of the molecule is COc1cccc(CC(=O)N2C[C@H](CC(=O)O)[C@H](c3cn[nH]n3)C2)c1. The Morgan fingerprint density at radius 2 is 2.24 bits per heavy atom. The zero-order chi connectivity index (χ0) is 17.8. The number of methoxy groups -OCH3 is 1. The van der Waals surface area contributed by atoms with Crippen molar-refractivity contribution in [2.45, 2.75) is 18.8 Å². The van der Waals surface area contributed by atoms with Gasteiger partial charge in [0.15, 0.2) is 0 Å². The van der Waals surface area contributed by atoms with Crippen LogP contribution in [0.2, 0.25) is 0 Å². The first-order valence-corrected chi connectivity index (χ1v) is 8.05. The van der Waals surface area contributed by atoms with Gasteiger partial charge in [0, 0.05) is 19.0 Å². The summed E-state index contributed by atoms with van der Waals surface area (Å²) in [6, 6.07) is 7.38. The highest BCUT2D eigenvalue weighted by atomic mass is 16.5. The Morgan fingerprint density at radius 1 is 1.40 bits per heavy atom. The van der Waals surface area contributed by atoms with Crippen LogP contribution in [0.3, 0.4) is 0 Å². The zero-order valence-electron chi connectivity index (χ0n) is 13.9. The molecule has 1 aromatic heterocycles. The van der Waals surface area contributed by atoms with Crippen LogP contribution in [0, 0.1) is 5.92 Å². The molecule has 3 rings (SSSR count). The third-order valence-electron chi connectivity index (χ3n) is 4.53. The largest absolute Gasteiger partial charge is 0.497 e. The highest BCUT2D eigenvalue weighted by Crippen LogP contribution is 2.33. The van der Waals surface area contributed by atoms with Crippen molar-refractivity contribution < 1.29 is 19.4 Å². The molecule has 1 aromatic carbocycles. The Labute approximate surface area is 144 Å². The molecule has 8 nitrogen and oxygen atoms in total. The van der Waals surface area contributed by atoms with E-state index in [0.717, 1.165) is 5.56 Å². The van der Waals surface area contributed by atoms with Crippen molar-refractivity contribution in [3.05, 3.63) is 41.7 Å². The molecule has 132 valence electrons. The number of carboxylic acids is 1. The van der Waals surface area contributed by atoms with E-state index in [9.17, 15) is 9.59 Å². The first kappa shape index (κ1) is 16.9. The van der Waals surface area contributed by atoms with E-state index >= 15 is 0 Å². The Balaban J connectivity index is 1.71. The Morgan fingerprint density at radius 3 is 2.92 bits per heavy atom. The Bertz CT molecular complexity index is 747. The molecule has 1 saturated heterocycles. The molecule has 2 aromatic rings. The number of aliphatic carboxylic acids is 1. The minimum atomic E-state index is -0.874. The summed E-state index contributed by atoms with van der Waals surface area (Å²) in [5.74, 6) is -0.493. The second-order valence-electron chi connectivity index (χ2n) is 6.19. The number of rotatable bonds is 6. The lowest BCUT2D eigenvalue weighted by molar-refractivity contribution is -0.138. The summed E-state index contributed by atoms with van der Waals surface area (Å²) in [7, 11) is 1.58. The fourth-order valence-corrected chi connectivity index (χ4v) is 3.30. The van der Waals surface area contributed by atoms with Crippen molar-refractivity contribution in [1.29, 1.82) is 0 Å². The van der Waals surface area contributed by atoms with Gasteiger partial charge in [-0.1, -0.05) is 12.1 Å². The van der Waals surface area contributed by atoms with E-state index in [4.69, 9.17) is 9.84 Å². The lowest BCUT2D eigenvalue weighted by Crippen LogP contribution is -2.30. The number of carbonyl (C=O) groups excluding carboxylic acids is 1. The molecule has 8 heteroatoms. The summed E-state index contributed by atoms with van der Waals surface area (Å²) in [4.78, 5) is 25.5. The molecular formula is C17H20N4O4. The van der Waals surface area contributed by atoms with Crippen molar-refractivity contribution in [2.24, 2.45) is 5.92 Å². The highest BCUT2D eigenvalue weighted by molar-refractivity contribution is 5.79. The maximum atomic E-state index is 12.7. The molecule has 2 heterocycles. The molecule has 0 aliphatic carbocycles. The van der Waals surface area contributed by atoms with Crippen LogP contribution in [-0.4, -0.2) is 57.5 Å². The van der Waals surface area contributed by atoms with Gasteiger partial charge < -0.3 is 14.7 Å². The van der Waals surface area contributed by atoms with E-state index in [2.05, 4.69) is 15.4 Å².